The van der Waals surface area contributed by atoms with Crippen LogP contribution in [0.15, 0.2) is 29.3 Å². The molecule has 0 spiro atoms. The van der Waals surface area contributed by atoms with Gasteiger partial charge in [-0.05, 0) is 56.2 Å². The lowest BCUT2D eigenvalue weighted by molar-refractivity contribution is 0.0744. The van der Waals surface area contributed by atoms with Crippen molar-refractivity contribution in [3.63, 3.8) is 0 Å². The maximum Gasteiger partial charge on any atom is 0.251 e. The standard InChI is InChI=1S/C22H34F2N4O/c1-25-22(27-18-10-12-28(13-11-18)16-21(23)24)26-15-17-6-5-9-20(14-17)29-19-7-3-2-4-8-19/h5-6,9,14,18-19,21H,2-4,7-8,10-13,15-16H2,1H3,(H2,25,26,27). The zero-order chi connectivity index (χ0) is 20.5. The molecule has 0 bridgehead atoms. The molecule has 29 heavy (non-hydrogen) atoms. The fourth-order valence-corrected chi connectivity index (χ4v) is 4.13. The van der Waals surface area contributed by atoms with E-state index in [1.54, 1.807) is 7.05 Å². The summed E-state index contributed by atoms with van der Waals surface area (Å²) in [4.78, 5) is 6.14. The molecule has 2 aliphatic rings. The molecule has 1 saturated heterocycles. The van der Waals surface area contributed by atoms with Crippen molar-refractivity contribution in [3.8, 4) is 5.75 Å². The summed E-state index contributed by atoms with van der Waals surface area (Å²) in [5.74, 6) is 1.68. The van der Waals surface area contributed by atoms with Crippen molar-refractivity contribution in [2.24, 2.45) is 4.99 Å². The predicted molar refractivity (Wildman–Crippen MR) is 113 cm³/mol. The Balaban J connectivity index is 1.43. The molecular formula is C22H34F2N4O. The van der Waals surface area contributed by atoms with Crippen LogP contribution in [-0.4, -0.2) is 56.1 Å². The van der Waals surface area contributed by atoms with E-state index in [1.165, 1.54) is 19.3 Å². The lowest BCUT2D eigenvalue weighted by Gasteiger charge is -2.32. The highest BCUT2D eigenvalue weighted by atomic mass is 19.3. The molecule has 1 aliphatic carbocycles. The zero-order valence-electron chi connectivity index (χ0n) is 17.4. The molecule has 7 heteroatoms. The molecule has 0 amide bonds. The lowest BCUT2D eigenvalue weighted by Crippen LogP contribution is -2.49. The Morgan fingerprint density at radius 2 is 1.93 bits per heavy atom. The Labute approximate surface area is 172 Å². The highest BCUT2D eigenvalue weighted by Gasteiger charge is 2.22. The minimum Gasteiger partial charge on any atom is -0.490 e. The number of ether oxygens (including phenoxy) is 1. The van der Waals surface area contributed by atoms with E-state index in [-0.39, 0.29) is 12.6 Å². The number of alkyl halides is 2. The van der Waals surface area contributed by atoms with Gasteiger partial charge in [-0.15, -0.1) is 0 Å². The molecule has 162 valence electrons. The SMILES string of the molecule is CN=C(NCc1cccc(OC2CCCCC2)c1)NC1CCN(CC(F)F)CC1. The van der Waals surface area contributed by atoms with Crippen molar-refractivity contribution in [1.29, 1.82) is 0 Å². The van der Waals surface area contributed by atoms with Gasteiger partial charge in [0.2, 0.25) is 0 Å². The average Bonchev–Trinajstić information content (AvgIpc) is 2.73. The number of aliphatic imine (C=N–C) groups is 1. The minimum absolute atomic E-state index is 0.126. The predicted octanol–water partition coefficient (Wildman–Crippen LogP) is 3.79. The van der Waals surface area contributed by atoms with Crippen molar-refractivity contribution < 1.29 is 13.5 Å². The normalized spacial score (nSPS) is 20.1. The summed E-state index contributed by atoms with van der Waals surface area (Å²) in [6.45, 7) is 1.92. The summed E-state index contributed by atoms with van der Waals surface area (Å²) in [5, 5.41) is 6.78. The molecule has 1 aromatic carbocycles. The monoisotopic (exact) mass is 408 g/mol. The fraction of sp³-hybridized carbons (Fsp3) is 0.682. The van der Waals surface area contributed by atoms with Crippen LogP contribution in [0.1, 0.15) is 50.5 Å². The molecule has 3 rings (SSSR count). The molecule has 0 radical (unpaired) electrons. The van der Waals surface area contributed by atoms with E-state index >= 15 is 0 Å². The lowest BCUT2D eigenvalue weighted by atomic mass is 9.98. The van der Waals surface area contributed by atoms with Gasteiger partial charge in [-0.3, -0.25) is 9.89 Å². The summed E-state index contributed by atoms with van der Waals surface area (Å²) in [6, 6.07) is 8.49. The van der Waals surface area contributed by atoms with Crippen LogP contribution in [0.2, 0.25) is 0 Å². The van der Waals surface area contributed by atoms with Gasteiger partial charge >= 0.3 is 0 Å². The molecule has 1 heterocycles. The summed E-state index contributed by atoms with van der Waals surface area (Å²) in [6.07, 6.45) is 5.91. The Kier molecular flexibility index (Phi) is 8.52. The van der Waals surface area contributed by atoms with Crippen LogP contribution in [0.25, 0.3) is 0 Å². The van der Waals surface area contributed by atoms with E-state index in [1.807, 2.05) is 17.0 Å². The van der Waals surface area contributed by atoms with Gasteiger partial charge in [0.05, 0.1) is 12.6 Å². The number of benzene rings is 1. The third kappa shape index (κ3) is 7.46. The Bertz CT molecular complexity index is 641. The average molecular weight is 409 g/mol. The summed E-state index contributed by atoms with van der Waals surface area (Å²) < 4.78 is 31.2. The smallest absolute Gasteiger partial charge is 0.251 e. The van der Waals surface area contributed by atoms with Crippen molar-refractivity contribution in [2.75, 3.05) is 26.7 Å². The minimum atomic E-state index is -2.26. The second-order valence-electron chi connectivity index (χ2n) is 8.06. The van der Waals surface area contributed by atoms with Gasteiger partial charge in [-0.2, -0.15) is 0 Å². The molecular weight excluding hydrogens is 374 g/mol. The highest BCUT2D eigenvalue weighted by Crippen LogP contribution is 2.24. The summed E-state index contributed by atoms with van der Waals surface area (Å²) >= 11 is 0. The van der Waals surface area contributed by atoms with Gasteiger partial charge in [0, 0.05) is 32.7 Å². The van der Waals surface area contributed by atoms with E-state index in [4.69, 9.17) is 4.74 Å². The van der Waals surface area contributed by atoms with Gasteiger partial charge in [0.15, 0.2) is 5.96 Å². The Hall–Kier alpha value is -1.89. The first-order valence-electron chi connectivity index (χ1n) is 10.9. The van der Waals surface area contributed by atoms with E-state index in [9.17, 15) is 8.78 Å². The van der Waals surface area contributed by atoms with E-state index in [0.29, 0.717) is 25.7 Å². The Morgan fingerprint density at radius 1 is 1.17 bits per heavy atom. The molecule has 0 atom stereocenters. The van der Waals surface area contributed by atoms with Crippen LogP contribution in [-0.2, 0) is 6.54 Å². The largest absolute Gasteiger partial charge is 0.490 e. The number of hydrogen-bond donors (Lipinski definition) is 2. The first-order chi connectivity index (χ1) is 14.1. The molecule has 0 unspecified atom stereocenters. The second kappa shape index (κ2) is 11.3. The van der Waals surface area contributed by atoms with Crippen LogP contribution in [0.4, 0.5) is 8.78 Å². The molecule has 2 fully saturated rings. The number of hydrogen-bond acceptors (Lipinski definition) is 3. The molecule has 1 aromatic rings. The van der Waals surface area contributed by atoms with Gasteiger partial charge < -0.3 is 15.4 Å². The first-order valence-corrected chi connectivity index (χ1v) is 10.9. The van der Waals surface area contributed by atoms with Crippen LogP contribution < -0.4 is 15.4 Å². The van der Waals surface area contributed by atoms with Gasteiger partial charge in [0.25, 0.3) is 6.43 Å². The first kappa shape index (κ1) is 21.8. The maximum atomic E-state index is 12.5. The quantitative estimate of drug-likeness (QED) is 0.532. The van der Waals surface area contributed by atoms with Crippen molar-refractivity contribution in [1.82, 2.24) is 15.5 Å². The van der Waals surface area contributed by atoms with E-state index < -0.39 is 6.43 Å². The Morgan fingerprint density at radius 3 is 2.62 bits per heavy atom. The van der Waals surface area contributed by atoms with Crippen LogP contribution in [0, 0.1) is 0 Å². The number of halogens is 2. The summed E-state index contributed by atoms with van der Waals surface area (Å²) in [7, 11) is 1.75. The van der Waals surface area contributed by atoms with Gasteiger partial charge in [-0.25, -0.2) is 8.78 Å². The number of likely N-dealkylation sites (tertiary alicyclic amines) is 1. The van der Waals surface area contributed by atoms with Crippen LogP contribution in [0.5, 0.6) is 5.75 Å². The number of nitrogens with zero attached hydrogens (tertiary/aromatic N) is 2. The van der Waals surface area contributed by atoms with E-state index in [2.05, 4.69) is 27.8 Å². The molecule has 0 aromatic heterocycles. The van der Waals surface area contributed by atoms with E-state index in [0.717, 1.165) is 43.0 Å². The second-order valence-corrected chi connectivity index (χ2v) is 8.06. The fourth-order valence-electron chi connectivity index (χ4n) is 4.13. The van der Waals surface area contributed by atoms with Gasteiger partial charge in [-0.1, -0.05) is 18.6 Å². The molecule has 1 aliphatic heterocycles. The number of rotatable bonds is 7. The maximum absolute atomic E-state index is 12.5. The van der Waals surface area contributed by atoms with Crippen molar-refractivity contribution in [3.05, 3.63) is 29.8 Å². The molecule has 1 saturated carbocycles. The topological polar surface area (TPSA) is 48.9 Å². The zero-order valence-corrected chi connectivity index (χ0v) is 17.4. The third-order valence-corrected chi connectivity index (χ3v) is 5.76. The van der Waals surface area contributed by atoms with Gasteiger partial charge in [0.1, 0.15) is 5.75 Å². The van der Waals surface area contributed by atoms with Crippen molar-refractivity contribution >= 4 is 5.96 Å². The number of guanidine groups is 1. The van der Waals surface area contributed by atoms with Crippen LogP contribution in [0.3, 0.4) is 0 Å². The number of piperidine rings is 1. The van der Waals surface area contributed by atoms with Crippen LogP contribution >= 0.6 is 0 Å². The van der Waals surface area contributed by atoms with Crippen molar-refractivity contribution in [2.45, 2.75) is 70.1 Å². The molecule has 2 N–H and O–H groups in total. The highest BCUT2D eigenvalue weighted by molar-refractivity contribution is 5.79. The summed E-state index contributed by atoms with van der Waals surface area (Å²) in [5.41, 5.74) is 1.15. The number of nitrogens with one attached hydrogen (secondary N) is 2. The molecule has 5 nitrogen and oxygen atoms in total. The third-order valence-electron chi connectivity index (χ3n) is 5.76.